The molecule has 1 aliphatic rings. The van der Waals surface area contributed by atoms with Crippen LogP contribution in [0, 0.1) is 5.92 Å². The van der Waals surface area contributed by atoms with Crippen LogP contribution >= 0.6 is 12.1 Å². The number of anilines is 1. The number of ether oxygens (including phenoxy) is 2. The van der Waals surface area contributed by atoms with Crippen LogP contribution in [0.25, 0.3) is 11.3 Å². The minimum absolute atomic E-state index is 0.662. The molecule has 1 aromatic carbocycles. The number of nitrogens with two attached hydrogens (primary N) is 1. The van der Waals surface area contributed by atoms with E-state index in [0.29, 0.717) is 17.4 Å². The largest absolute Gasteiger partial charge is 0.493 e. The maximum absolute atomic E-state index is 5.44. The Hall–Kier alpha value is -2.03. The van der Waals surface area contributed by atoms with Gasteiger partial charge in [0.25, 0.3) is 0 Å². The SMILES string of the molecule is COc1ccc(-c2cc(N3CCC(CNSN)CC3)ncn2)cc1OC. The summed E-state index contributed by atoms with van der Waals surface area (Å²) in [6.45, 7) is 2.93. The van der Waals surface area contributed by atoms with E-state index in [1.165, 1.54) is 12.1 Å². The fraction of sp³-hybridized carbons (Fsp3) is 0.444. The minimum atomic E-state index is 0.662. The highest BCUT2D eigenvalue weighted by Gasteiger charge is 2.20. The average Bonchev–Trinajstić information content (AvgIpc) is 2.72. The van der Waals surface area contributed by atoms with Crippen molar-refractivity contribution in [3.05, 3.63) is 30.6 Å². The Kier molecular flexibility index (Phi) is 6.54. The minimum Gasteiger partial charge on any atom is -0.493 e. The standard InChI is InChI=1S/C18H25N5O2S/c1-24-16-4-3-14(9-17(16)25-2)15-10-18(21-12-20-15)23-7-5-13(6-8-23)11-22-26-19/h3-4,9-10,12-13,22H,5-8,11,19H2,1-2H3. The lowest BCUT2D eigenvalue weighted by molar-refractivity contribution is 0.355. The van der Waals surface area contributed by atoms with E-state index in [1.54, 1.807) is 20.5 Å². The maximum Gasteiger partial charge on any atom is 0.161 e. The van der Waals surface area contributed by atoms with E-state index in [9.17, 15) is 0 Å². The zero-order valence-corrected chi connectivity index (χ0v) is 16.0. The Bertz CT molecular complexity index is 722. The van der Waals surface area contributed by atoms with E-state index in [4.69, 9.17) is 14.6 Å². The first-order valence-electron chi connectivity index (χ1n) is 8.63. The lowest BCUT2D eigenvalue weighted by Gasteiger charge is -2.32. The van der Waals surface area contributed by atoms with Crippen molar-refractivity contribution in [3.8, 4) is 22.8 Å². The lowest BCUT2D eigenvalue weighted by atomic mass is 9.97. The van der Waals surface area contributed by atoms with E-state index in [2.05, 4.69) is 19.6 Å². The van der Waals surface area contributed by atoms with Crippen LogP contribution in [0.15, 0.2) is 30.6 Å². The number of hydrogen-bond acceptors (Lipinski definition) is 8. The topological polar surface area (TPSA) is 85.5 Å². The van der Waals surface area contributed by atoms with Gasteiger partial charge >= 0.3 is 0 Å². The van der Waals surface area contributed by atoms with Gasteiger partial charge < -0.3 is 14.4 Å². The van der Waals surface area contributed by atoms with Crippen molar-refractivity contribution in [2.45, 2.75) is 12.8 Å². The second kappa shape index (κ2) is 9.07. The number of nitrogens with zero attached hydrogens (tertiary/aromatic N) is 3. The molecule has 0 radical (unpaired) electrons. The van der Waals surface area contributed by atoms with Gasteiger partial charge in [-0.3, -0.25) is 9.86 Å². The molecule has 2 aromatic rings. The molecule has 140 valence electrons. The first-order valence-corrected chi connectivity index (χ1v) is 9.51. The van der Waals surface area contributed by atoms with Crippen molar-refractivity contribution in [3.63, 3.8) is 0 Å². The maximum atomic E-state index is 5.44. The van der Waals surface area contributed by atoms with Gasteiger partial charge in [0.15, 0.2) is 11.5 Å². The molecular formula is C18H25N5O2S. The van der Waals surface area contributed by atoms with Gasteiger partial charge in [0.1, 0.15) is 12.1 Å². The molecule has 0 bridgehead atoms. The predicted molar refractivity (Wildman–Crippen MR) is 105 cm³/mol. The number of rotatable bonds is 7. The molecule has 26 heavy (non-hydrogen) atoms. The highest BCUT2D eigenvalue weighted by atomic mass is 32.2. The smallest absolute Gasteiger partial charge is 0.161 e. The normalized spacial score (nSPS) is 15.1. The van der Waals surface area contributed by atoms with Crippen molar-refractivity contribution in [2.75, 3.05) is 38.8 Å². The van der Waals surface area contributed by atoms with Crippen LogP contribution in [-0.4, -0.2) is 43.8 Å². The Labute approximate surface area is 158 Å². The van der Waals surface area contributed by atoms with Crippen LogP contribution < -0.4 is 24.2 Å². The van der Waals surface area contributed by atoms with Gasteiger partial charge in [0.2, 0.25) is 0 Å². The molecule has 3 N–H and O–H groups in total. The van der Waals surface area contributed by atoms with Crippen LogP contribution in [0.3, 0.4) is 0 Å². The lowest BCUT2D eigenvalue weighted by Crippen LogP contribution is -2.37. The van der Waals surface area contributed by atoms with Crippen molar-refractivity contribution < 1.29 is 9.47 Å². The van der Waals surface area contributed by atoms with E-state index >= 15 is 0 Å². The van der Waals surface area contributed by atoms with Crippen LogP contribution in [0.1, 0.15) is 12.8 Å². The molecule has 1 aromatic heterocycles. The third kappa shape index (κ3) is 4.38. The van der Waals surface area contributed by atoms with E-state index in [0.717, 1.165) is 49.6 Å². The quantitative estimate of drug-likeness (QED) is 0.714. The predicted octanol–water partition coefficient (Wildman–Crippen LogP) is 2.49. The Morgan fingerprint density at radius 3 is 2.62 bits per heavy atom. The number of piperidine rings is 1. The van der Waals surface area contributed by atoms with Crippen molar-refractivity contribution in [1.29, 1.82) is 0 Å². The van der Waals surface area contributed by atoms with Gasteiger partial charge in [-0.15, -0.1) is 0 Å². The molecule has 2 heterocycles. The van der Waals surface area contributed by atoms with E-state index in [-0.39, 0.29) is 0 Å². The Balaban J connectivity index is 1.73. The van der Waals surface area contributed by atoms with Gasteiger partial charge in [0.05, 0.1) is 19.9 Å². The molecule has 1 aliphatic heterocycles. The first kappa shape index (κ1) is 18.8. The second-order valence-electron chi connectivity index (χ2n) is 6.23. The van der Waals surface area contributed by atoms with Gasteiger partial charge in [-0.2, -0.15) is 0 Å². The molecule has 0 aliphatic carbocycles. The van der Waals surface area contributed by atoms with Crippen LogP contribution in [-0.2, 0) is 0 Å². The molecule has 1 saturated heterocycles. The summed E-state index contributed by atoms with van der Waals surface area (Å²) in [5.41, 5.74) is 1.85. The van der Waals surface area contributed by atoms with Gasteiger partial charge in [-0.25, -0.2) is 9.97 Å². The number of hydrogen-bond donors (Lipinski definition) is 2. The molecular weight excluding hydrogens is 350 g/mol. The fourth-order valence-electron chi connectivity index (χ4n) is 3.21. The number of nitrogens with one attached hydrogen (secondary N) is 1. The van der Waals surface area contributed by atoms with Crippen LogP contribution in [0.5, 0.6) is 11.5 Å². The summed E-state index contributed by atoms with van der Waals surface area (Å²) in [6.07, 6.45) is 3.88. The van der Waals surface area contributed by atoms with Gasteiger partial charge in [-0.05, 0) is 37.0 Å². The highest BCUT2D eigenvalue weighted by molar-refractivity contribution is 7.95. The van der Waals surface area contributed by atoms with Crippen LogP contribution in [0.4, 0.5) is 5.82 Å². The molecule has 0 unspecified atom stereocenters. The molecule has 8 heteroatoms. The number of benzene rings is 1. The fourth-order valence-corrected chi connectivity index (χ4v) is 3.54. The summed E-state index contributed by atoms with van der Waals surface area (Å²) < 4.78 is 13.8. The number of aromatic nitrogens is 2. The summed E-state index contributed by atoms with van der Waals surface area (Å²) in [7, 11) is 3.26. The average molecular weight is 375 g/mol. The third-order valence-electron chi connectivity index (χ3n) is 4.73. The summed E-state index contributed by atoms with van der Waals surface area (Å²) in [6, 6.07) is 7.85. The molecule has 7 nitrogen and oxygen atoms in total. The summed E-state index contributed by atoms with van der Waals surface area (Å²) in [5, 5.41) is 5.44. The Morgan fingerprint density at radius 1 is 1.15 bits per heavy atom. The van der Waals surface area contributed by atoms with Gasteiger partial charge in [-0.1, -0.05) is 0 Å². The highest BCUT2D eigenvalue weighted by Crippen LogP contribution is 2.32. The molecule has 0 atom stereocenters. The molecule has 0 saturated carbocycles. The van der Waals surface area contributed by atoms with Crippen molar-refractivity contribution in [1.82, 2.24) is 14.7 Å². The molecule has 0 spiro atoms. The zero-order chi connectivity index (χ0) is 18.4. The first-order chi connectivity index (χ1) is 12.7. The molecule has 0 amide bonds. The van der Waals surface area contributed by atoms with Crippen molar-refractivity contribution >= 4 is 18.0 Å². The van der Waals surface area contributed by atoms with Gasteiger partial charge in [0, 0.05) is 43.4 Å². The second-order valence-corrected chi connectivity index (χ2v) is 6.75. The zero-order valence-electron chi connectivity index (χ0n) is 15.1. The number of methoxy groups -OCH3 is 2. The van der Waals surface area contributed by atoms with E-state index in [1.807, 2.05) is 24.3 Å². The molecule has 3 rings (SSSR count). The van der Waals surface area contributed by atoms with Crippen LogP contribution in [0.2, 0.25) is 0 Å². The third-order valence-corrected chi connectivity index (χ3v) is 5.06. The Morgan fingerprint density at radius 2 is 1.92 bits per heavy atom. The summed E-state index contributed by atoms with van der Waals surface area (Å²) in [4.78, 5) is 11.2. The summed E-state index contributed by atoms with van der Waals surface area (Å²) >= 11 is 1.19. The van der Waals surface area contributed by atoms with Crippen molar-refractivity contribution in [2.24, 2.45) is 11.1 Å². The summed E-state index contributed by atoms with van der Waals surface area (Å²) in [5.74, 6) is 3.02. The molecule has 1 fully saturated rings. The monoisotopic (exact) mass is 375 g/mol. The van der Waals surface area contributed by atoms with E-state index < -0.39 is 0 Å².